The number of rotatable bonds is 5. The van der Waals surface area contributed by atoms with Crippen LogP contribution in [0.3, 0.4) is 0 Å². The van der Waals surface area contributed by atoms with Gasteiger partial charge in [0, 0.05) is 13.6 Å². The van der Waals surface area contributed by atoms with Crippen LogP contribution in [0.5, 0.6) is 0 Å². The van der Waals surface area contributed by atoms with Crippen LogP contribution in [-0.2, 0) is 21.4 Å². The van der Waals surface area contributed by atoms with E-state index in [0.717, 1.165) is 11.1 Å². The number of aryl methyl sites for hydroxylation is 1. The molecule has 5 nitrogen and oxygen atoms in total. The van der Waals surface area contributed by atoms with Crippen molar-refractivity contribution >= 4 is 10.0 Å². The molecule has 1 fully saturated rings. The first-order valence-electron chi connectivity index (χ1n) is 8.02. The van der Waals surface area contributed by atoms with Gasteiger partial charge >= 0.3 is 0 Å². The van der Waals surface area contributed by atoms with Gasteiger partial charge in [0.05, 0.1) is 12.6 Å². The molecule has 0 aromatic heterocycles. The maximum Gasteiger partial charge on any atom is 0.219 e. The second-order valence-corrected chi connectivity index (χ2v) is 8.22. The smallest absolute Gasteiger partial charge is 0.219 e. The van der Waals surface area contributed by atoms with Gasteiger partial charge in [-0.15, -0.1) is 0 Å². The first kappa shape index (κ1) is 18.0. The van der Waals surface area contributed by atoms with Gasteiger partial charge in [0.25, 0.3) is 0 Å². The van der Waals surface area contributed by atoms with Gasteiger partial charge in [-0.25, -0.2) is 17.5 Å². The molecule has 1 aliphatic heterocycles. The molecule has 0 bridgehead atoms. The van der Waals surface area contributed by atoms with E-state index in [1.165, 1.54) is 17.2 Å². The molecular formula is C18H21FN2O3S. The Balaban J connectivity index is 1.79. The van der Waals surface area contributed by atoms with Crippen LogP contribution in [0.4, 0.5) is 4.39 Å². The minimum absolute atomic E-state index is 0.0572. The SMILES string of the molecule is Cc1cccc(CNS(=O)(=O)C2CON(C)C2c2ccc(F)cc2)c1. The van der Waals surface area contributed by atoms with Gasteiger partial charge in [-0.05, 0) is 30.2 Å². The lowest BCUT2D eigenvalue weighted by molar-refractivity contribution is -0.110. The lowest BCUT2D eigenvalue weighted by atomic mass is 10.0. The van der Waals surface area contributed by atoms with Crippen LogP contribution in [0, 0.1) is 12.7 Å². The summed E-state index contributed by atoms with van der Waals surface area (Å²) in [6, 6.07) is 13.0. The van der Waals surface area contributed by atoms with Crippen molar-refractivity contribution in [1.29, 1.82) is 0 Å². The van der Waals surface area contributed by atoms with Gasteiger partial charge in [0.2, 0.25) is 10.0 Å². The molecule has 0 aliphatic carbocycles. The van der Waals surface area contributed by atoms with E-state index in [1.54, 1.807) is 19.2 Å². The summed E-state index contributed by atoms with van der Waals surface area (Å²) in [5.74, 6) is -0.359. The van der Waals surface area contributed by atoms with Gasteiger partial charge < -0.3 is 0 Å². The van der Waals surface area contributed by atoms with Crippen molar-refractivity contribution in [2.24, 2.45) is 0 Å². The number of nitrogens with zero attached hydrogens (tertiary/aromatic N) is 1. The summed E-state index contributed by atoms with van der Waals surface area (Å²) in [7, 11) is -1.94. The van der Waals surface area contributed by atoms with Crippen LogP contribution in [-0.4, -0.2) is 32.4 Å². The Morgan fingerprint density at radius 1 is 1.24 bits per heavy atom. The maximum absolute atomic E-state index is 13.2. The molecule has 1 aliphatic rings. The zero-order chi connectivity index (χ0) is 18.0. The summed E-state index contributed by atoms with van der Waals surface area (Å²) < 4.78 is 41.4. The van der Waals surface area contributed by atoms with Gasteiger partial charge in [0.15, 0.2) is 0 Å². The van der Waals surface area contributed by atoms with Crippen molar-refractivity contribution in [2.45, 2.75) is 24.8 Å². The van der Waals surface area contributed by atoms with Crippen molar-refractivity contribution in [3.63, 3.8) is 0 Å². The highest BCUT2D eigenvalue weighted by atomic mass is 32.2. The zero-order valence-corrected chi connectivity index (χ0v) is 15.0. The highest BCUT2D eigenvalue weighted by Crippen LogP contribution is 2.33. The van der Waals surface area contributed by atoms with E-state index in [-0.39, 0.29) is 19.0 Å². The standard InChI is InChI=1S/C18H21FN2O3S/c1-13-4-3-5-14(10-13)11-20-25(22,23)17-12-24-21(2)18(17)15-6-8-16(19)9-7-15/h3-10,17-18,20H,11-12H2,1-2H3. The van der Waals surface area contributed by atoms with Crippen LogP contribution >= 0.6 is 0 Å². The molecule has 2 aromatic carbocycles. The molecule has 0 spiro atoms. The third-order valence-corrected chi connectivity index (χ3v) is 6.09. The molecule has 0 amide bonds. The summed E-state index contributed by atoms with van der Waals surface area (Å²) in [6.07, 6.45) is 0. The summed E-state index contributed by atoms with van der Waals surface area (Å²) in [5.41, 5.74) is 2.67. The monoisotopic (exact) mass is 364 g/mol. The van der Waals surface area contributed by atoms with E-state index in [9.17, 15) is 12.8 Å². The maximum atomic E-state index is 13.2. The topological polar surface area (TPSA) is 58.6 Å². The van der Waals surface area contributed by atoms with Gasteiger partial charge in [-0.2, -0.15) is 5.06 Å². The van der Waals surface area contributed by atoms with Crippen molar-refractivity contribution in [2.75, 3.05) is 13.7 Å². The Morgan fingerprint density at radius 2 is 1.96 bits per heavy atom. The molecule has 0 saturated carbocycles. The molecule has 134 valence electrons. The lowest BCUT2D eigenvalue weighted by Gasteiger charge is -2.23. The first-order valence-corrected chi connectivity index (χ1v) is 9.57. The molecule has 7 heteroatoms. The van der Waals surface area contributed by atoms with Crippen molar-refractivity contribution in [1.82, 2.24) is 9.79 Å². The normalized spacial score (nSPS) is 21.6. The van der Waals surface area contributed by atoms with Gasteiger partial charge in [-0.1, -0.05) is 42.0 Å². The van der Waals surface area contributed by atoms with Crippen LogP contribution in [0.25, 0.3) is 0 Å². The van der Waals surface area contributed by atoms with E-state index in [0.29, 0.717) is 5.56 Å². The molecule has 1 heterocycles. The number of hydrogen-bond acceptors (Lipinski definition) is 4. The van der Waals surface area contributed by atoms with E-state index in [2.05, 4.69) is 4.72 Å². The van der Waals surface area contributed by atoms with Crippen LogP contribution in [0.2, 0.25) is 0 Å². The van der Waals surface area contributed by atoms with E-state index in [4.69, 9.17) is 4.84 Å². The fourth-order valence-electron chi connectivity index (χ4n) is 3.05. The molecule has 1 saturated heterocycles. The largest absolute Gasteiger partial charge is 0.297 e. The van der Waals surface area contributed by atoms with E-state index < -0.39 is 21.3 Å². The van der Waals surface area contributed by atoms with Gasteiger partial charge in [-0.3, -0.25) is 4.84 Å². The molecular weight excluding hydrogens is 343 g/mol. The van der Waals surface area contributed by atoms with E-state index in [1.807, 2.05) is 31.2 Å². The highest BCUT2D eigenvalue weighted by Gasteiger charge is 2.43. The Hall–Kier alpha value is -1.80. The molecule has 25 heavy (non-hydrogen) atoms. The van der Waals surface area contributed by atoms with Crippen LogP contribution < -0.4 is 4.72 Å². The average Bonchev–Trinajstić information content (AvgIpc) is 2.97. The molecule has 3 rings (SSSR count). The Labute approximate surface area is 147 Å². The molecule has 2 unspecified atom stereocenters. The highest BCUT2D eigenvalue weighted by molar-refractivity contribution is 7.90. The summed E-state index contributed by atoms with van der Waals surface area (Å²) in [5, 5.41) is 0.747. The minimum atomic E-state index is -3.62. The minimum Gasteiger partial charge on any atom is -0.297 e. The van der Waals surface area contributed by atoms with Crippen molar-refractivity contribution < 1.29 is 17.6 Å². The van der Waals surface area contributed by atoms with Gasteiger partial charge in [0.1, 0.15) is 11.1 Å². The number of hydroxylamine groups is 2. The Morgan fingerprint density at radius 3 is 2.64 bits per heavy atom. The quantitative estimate of drug-likeness (QED) is 0.886. The summed E-state index contributed by atoms with van der Waals surface area (Å²) >= 11 is 0. The summed E-state index contributed by atoms with van der Waals surface area (Å²) in [4.78, 5) is 5.44. The molecule has 2 atom stereocenters. The summed E-state index contributed by atoms with van der Waals surface area (Å²) in [6.45, 7) is 2.24. The predicted octanol–water partition coefficient (Wildman–Crippen LogP) is 2.54. The Bertz CT molecular complexity index is 840. The fourth-order valence-corrected chi connectivity index (χ4v) is 4.54. The number of sulfonamides is 1. The van der Waals surface area contributed by atoms with Crippen molar-refractivity contribution in [3.8, 4) is 0 Å². The van der Waals surface area contributed by atoms with Crippen LogP contribution in [0.15, 0.2) is 48.5 Å². The Kier molecular flexibility index (Phi) is 5.19. The average molecular weight is 364 g/mol. The second-order valence-electron chi connectivity index (χ2n) is 6.23. The number of halogens is 1. The second kappa shape index (κ2) is 7.21. The predicted molar refractivity (Wildman–Crippen MR) is 93.6 cm³/mol. The molecule has 2 aromatic rings. The first-order chi connectivity index (χ1) is 11.9. The fraction of sp³-hybridized carbons (Fsp3) is 0.333. The molecule has 0 radical (unpaired) electrons. The van der Waals surface area contributed by atoms with Crippen LogP contribution in [0.1, 0.15) is 22.7 Å². The third-order valence-electron chi connectivity index (χ3n) is 4.36. The number of benzene rings is 2. The lowest BCUT2D eigenvalue weighted by Crippen LogP contribution is -2.39. The van der Waals surface area contributed by atoms with Crippen molar-refractivity contribution in [3.05, 3.63) is 71.0 Å². The number of nitrogens with one attached hydrogen (secondary N) is 1. The zero-order valence-electron chi connectivity index (χ0n) is 14.1. The number of hydrogen-bond donors (Lipinski definition) is 1. The molecule has 1 N–H and O–H groups in total. The van der Waals surface area contributed by atoms with E-state index >= 15 is 0 Å². The third kappa shape index (κ3) is 4.07.